The van der Waals surface area contributed by atoms with Crippen LogP contribution < -0.4 is 0 Å². The summed E-state index contributed by atoms with van der Waals surface area (Å²) < 4.78 is 16.8. The van der Waals surface area contributed by atoms with Crippen LogP contribution in [0, 0.1) is 0 Å². The number of carbonyl (C=O) groups is 3. The number of rotatable bonds is 48. The van der Waals surface area contributed by atoms with E-state index < -0.39 is 6.10 Å². The van der Waals surface area contributed by atoms with Crippen LogP contribution in [-0.2, 0) is 28.6 Å². The van der Waals surface area contributed by atoms with Crippen molar-refractivity contribution in [2.75, 3.05) is 13.2 Å². The van der Waals surface area contributed by atoms with Crippen LogP contribution in [0.1, 0.15) is 252 Å². The Labute approximate surface area is 401 Å². The van der Waals surface area contributed by atoms with Gasteiger partial charge in [0.1, 0.15) is 13.2 Å². The smallest absolute Gasteiger partial charge is 0.306 e. The molecule has 372 valence electrons. The van der Waals surface area contributed by atoms with Gasteiger partial charge >= 0.3 is 17.9 Å². The van der Waals surface area contributed by atoms with Gasteiger partial charge in [-0.1, -0.05) is 228 Å². The van der Waals surface area contributed by atoms with Crippen LogP contribution in [0.3, 0.4) is 0 Å². The monoisotopic (exact) mass is 905 g/mol. The van der Waals surface area contributed by atoms with Gasteiger partial charge in [-0.05, 0) is 89.9 Å². The van der Waals surface area contributed by atoms with Crippen molar-refractivity contribution in [3.63, 3.8) is 0 Å². The molecule has 65 heavy (non-hydrogen) atoms. The lowest BCUT2D eigenvalue weighted by molar-refractivity contribution is -0.167. The topological polar surface area (TPSA) is 78.9 Å². The third kappa shape index (κ3) is 51.4. The highest BCUT2D eigenvalue weighted by Crippen LogP contribution is 2.14. The van der Waals surface area contributed by atoms with Gasteiger partial charge in [0.05, 0.1) is 0 Å². The first-order valence-corrected chi connectivity index (χ1v) is 27.1. The molecule has 1 unspecified atom stereocenters. The van der Waals surface area contributed by atoms with Gasteiger partial charge in [0.15, 0.2) is 6.10 Å². The van der Waals surface area contributed by atoms with Crippen LogP contribution in [0.2, 0.25) is 0 Å². The van der Waals surface area contributed by atoms with E-state index in [2.05, 4.69) is 106 Å². The quantitative estimate of drug-likeness (QED) is 0.0199. The second-order valence-corrected chi connectivity index (χ2v) is 17.8. The highest BCUT2D eigenvalue weighted by atomic mass is 16.6. The summed E-state index contributed by atoms with van der Waals surface area (Å²) in [6.45, 7) is 6.47. The van der Waals surface area contributed by atoms with E-state index in [1.807, 2.05) is 0 Å². The first-order chi connectivity index (χ1) is 32.0. The first kappa shape index (κ1) is 61.6. The molecule has 0 N–H and O–H groups in total. The van der Waals surface area contributed by atoms with Gasteiger partial charge in [0.2, 0.25) is 0 Å². The fourth-order valence-corrected chi connectivity index (χ4v) is 7.34. The molecule has 0 amide bonds. The second kappa shape index (κ2) is 53.2. The summed E-state index contributed by atoms with van der Waals surface area (Å²) in [6, 6.07) is 0. The molecule has 0 aromatic rings. The van der Waals surface area contributed by atoms with Crippen molar-refractivity contribution in [2.24, 2.45) is 0 Å². The molecule has 0 aliphatic rings. The average Bonchev–Trinajstić information content (AvgIpc) is 3.30. The summed E-state index contributed by atoms with van der Waals surface area (Å²) in [6.07, 6.45) is 68.5. The van der Waals surface area contributed by atoms with Crippen molar-refractivity contribution in [1.29, 1.82) is 0 Å². The Hall–Kier alpha value is -3.41. The van der Waals surface area contributed by atoms with Crippen LogP contribution in [0.4, 0.5) is 0 Å². The Kier molecular flexibility index (Phi) is 50.4. The minimum Gasteiger partial charge on any atom is -0.462 e. The second-order valence-electron chi connectivity index (χ2n) is 17.8. The van der Waals surface area contributed by atoms with Crippen molar-refractivity contribution in [1.82, 2.24) is 0 Å². The minimum absolute atomic E-state index is 0.0926. The number of esters is 3. The van der Waals surface area contributed by atoms with Crippen LogP contribution in [-0.4, -0.2) is 37.2 Å². The Morgan fingerprint density at radius 2 is 0.646 bits per heavy atom. The van der Waals surface area contributed by atoms with Gasteiger partial charge in [-0.3, -0.25) is 14.4 Å². The Balaban J connectivity index is 4.43. The number of ether oxygens (including phenoxy) is 3. The highest BCUT2D eigenvalue weighted by Gasteiger charge is 2.19. The molecule has 0 aromatic heterocycles. The molecule has 0 rings (SSSR count). The lowest BCUT2D eigenvalue weighted by atomic mass is 10.1. The molecule has 0 heterocycles. The molecular weight excluding hydrogens is 805 g/mol. The van der Waals surface area contributed by atoms with Crippen LogP contribution in [0.5, 0.6) is 0 Å². The lowest BCUT2D eigenvalue weighted by Gasteiger charge is -2.18. The predicted octanol–water partition coefficient (Wildman–Crippen LogP) is 18.0. The molecule has 0 saturated heterocycles. The number of hydrogen-bond donors (Lipinski definition) is 0. The van der Waals surface area contributed by atoms with E-state index in [4.69, 9.17) is 14.2 Å². The molecule has 0 aliphatic heterocycles. The molecule has 6 nitrogen and oxygen atoms in total. The summed E-state index contributed by atoms with van der Waals surface area (Å²) in [4.78, 5) is 38.0. The molecule has 0 saturated carbocycles. The average molecular weight is 905 g/mol. The maximum atomic E-state index is 12.8. The van der Waals surface area contributed by atoms with Crippen molar-refractivity contribution in [3.8, 4) is 0 Å². The van der Waals surface area contributed by atoms with Gasteiger partial charge in [0, 0.05) is 19.3 Å². The van der Waals surface area contributed by atoms with E-state index in [1.54, 1.807) is 0 Å². The fraction of sp³-hybridized carbons (Fsp3) is 0.712. The Bertz CT molecular complexity index is 1270. The minimum atomic E-state index is -0.796. The number of hydrogen-bond acceptors (Lipinski definition) is 6. The normalized spacial score (nSPS) is 12.7. The molecule has 0 bridgehead atoms. The van der Waals surface area contributed by atoms with E-state index in [1.165, 1.54) is 96.3 Å². The molecule has 0 radical (unpaired) electrons. The summed E-state index contributed by atoms with van der Waals surface area (Å²) in [5, 5.41) is 0. The summed E-state index contributed by atoms with van der Waals surface area (Å²) in [5.41, 5.74) is 0. The summed E-state index contributed by atoms with van der Waals surface area (Å²) in [5.74, 6) is -0.941. The number of unbranched alkanes of at least 4 members (excludes halogenated alkanes) is 24. The maximum Gasteiger partial charge on any atom is 0.306 e. The van der Waals surface area contributed by atoms with E-state index in [9.17, 15) is 14.4 Å². The van der Waals surface area contributed by atoms with Crippen molar-refractivity contribution < 1.29 is 28.6 Å². The van der Waals surface area contributed by atoms with Crippen LogP contribution >= 0.6 is 0 Å². The SMILES string of the molecule is CC/C=C\C/C=C\C/C=C\C/C=C\C/C=C\CCCCCC(=O)OCC(COC(=O)CCCCCCCCCCCC)OC(=O)CCCCCCC/C=C\C=C/CCCCCCCCC. The van der Waals surface area contributed by atoms with Crippen molar-refractivity contribution in [2.45, 2.75) is 258 Å². The Morgan fingerprint density at radius 1 is 0.338 bits per heavy atom. The summed E-state index contributed by atoms with van der Waals surface area (Å²) in [7, 11) is 0. The molecule has 1 atom stereocenters. The molecule has 6 heteroatoms. The zero-order chi connectivity index (χ0) is 47.2. The van der Waals surface area contributed by atoms with Gasteiger partial charge in [0.25, 0.3) is 0 Å². The van der Waals surface area contributed by atoms with Gasteiger partial charge in [-0.15, -0.1) is 0 Å². The van der Waals surface area contributed by atoms with Gasteiger partial charge in [-0.25, -0.2) is 0 Å². The predicted molar refractivity (Wildman–Crippen MR) is 279 cm³/mol. The van der Waals surface area contributed by atoms with E-state index in [0.717, 1.165) is 116 Å². The lowest BCUT2D eigenvalue weighted by Crippen LogP contribution is -2.30. The fourth-order valence-electron chi connectivity index (χ4n) is 7.34. The molecular formula is C59H100O6. The molecule has 0 aromatic carbocycles. The Morgan fingerprint density at radius 3 is 1.05 bits per heavy atom. The van der Waals surface area contributed by atoms with E-state index >= 15 is 0 Å². The van der Waals surface area contributed by atoms with Crippen LogP contribution in [0.25, 0.3) is 0 Å². The zero-order valence-electron chi connectivity index (χ0n) is 42.5. The van der Waals surface area contributed by atoms with Gasteiger partial charge < -0.3 is 14.2 Å². The third-order valence-electron chi connectivity index (χ3n) is 11.4. The van der Waals surface area contributed by atoms with Crippen molar-refractivity contribution >= 4 is 17.9 Å². The highest BCUT2D eigenvalue weighted by molar-refractivity contribution is 5.71. The number of allylic oxidation sites excluding steroid dienone is 14. The maximum absolute atomic E-state index is 12.8. The summed E-state index contributed by atoms with van der Waals surface area (Å²) >= 11 is 0. The largest absolute Gasteiger partial charge is 0.462 e. The molecule has 0 aliphatic carbocycles. The molecule has 0 spiro atoms. The third-order valence-corrected chi connectivity index (χ3v) is 11.4. The van der Waals surface area contributed by atoms with Crippen LogP contribution in [0.15, 0.2) is 85.1 Å². The number of carbonyl (C=O) groups excluding carboxylic acids is 3. The van der Waals surface area contributed by atoms with E-state index in [-0.39, 0.29) is 31.1 Å². The molecule has 0 fully saturated rings. The van der Waals surface area contributed by atoms with Gasteiger partial charge in [-0.2, -0.15) is 0 Å². The van der Waals surface area contributed by atoms with E-state index in [0.29, 0.717) is 19.3 Å². The van der Waals surface area contributed by atoms with Crippen molar-refractivity contribution in [3.05, 3.63) is 85.1 Å². The first-order valence-electron chi connectivity index (χ1n) is 27.1. The standard InChI is InChI=1S/C59H100O6/c1-4-7-10-13-16-19-22-24-26-28-30-32-33-35-37-40-43-46-49-52-58(61)64-55-56(54-63-57(60)51-48-45-42-39-21-18-15-12-9-6-3)65-59(62)53-50-47-44-41-38-36-34-31-29-27-25-23-20-17-14-11-8-5-2/h7,10,16,19,24,26-27,29-32,34-35,37,56H,4-6,8-9,11-15,17-18,20-23,25,28,33,36,38-55H2,1-3H3/b10-7-,19-16-,26-24-,29-27-,32-30-,34-31-,37-35-. The zero-order valence-corrected chi connectivity index (χ0v) is 42.5.